The van der Waals surface area contributed by atoms with Gasteiger partial charge in [0.1, 0.15) is 0 Å². The lowest BCUT2D eigenvalue weighted by atomic mass is 10.1. The van der Waals surface area contributed by atoms with Crippen molar-refractivity contribution in [1.29, 1.82) is 0 Å². The summed E-state index contributed by atoms with van der Waals surface area (Å²) in [5, 5.41) is 6.37. The number of hydrogen-bond donors (Lipinski definition) is 0. The highest BCUT2D eigenvalue weighted by Gasteiger charge is 2.13. The maximum Gasteiger partial charge on any atom is 0.291 e. The SMILES string of the molecule is Cc1ccccc1-c1nc2sc(=Cc3cccs3)c(=O)n2n1. The van der Waals surface area contributed by atoms with E-state index in [1.54, 1.807) is 11.3 Å². The molecular weight excluding hydrogens is 314 g/mol. The summed E-state index contributed by atoms with van der Waals surface area (Å²) in [4.78, 5) is 18.6. The van der Waals surface area contributed by atoms with Gasteiger partial charge in [-0.15, -0.1) is 16.4 Å². The van der Waals surface area contributed by atoms with Crippen molar-refractivity contribution in [1.82, 2.24) is 14.6 Å². The predicted octanol–water partition coefficient (Wildman–Crippen LogP) is 2.74. The smallest absolute Gasteiger partial charge is 0.266 e. The minimum atomic E-state index is -0.110. The van der Waals surface area contributed by atoms with Gasteiger partial charge in [-0.25, -0.2) is 0 Å². The number of rotatable bonds is 2. The molecule has 0 fully saturated rings. The third-order valence-corrected chi connectivity index (χ3v) is 5.16. The molecule has 0 unspecified atom stereocenters. The van der Waals surface area contributed by atoms with Gasteiger partial charge in [-0.05, 0) is 30.0 Å². The lowest BCUT2D eigenvalue weighted by molar-refractivity contribution is 0.936. The van der Waals surface area contributed by atoms with Gasteiger partial charge in [-0.2, -0.15) is 9.50 Å². The first-order valence-corrected chi connectivity index (χ1v) is 8.43. The molecule has 0 N–H and O–H groups in total. The molecule has 4 rings (SSSR count). The third-order valence-electron chi connectivity index (χ3n) is 3.38. The zero-order chi connectivity index (χ0) is 15.1. The van der Waals surface area contributed by atoms with Crippen LogP contribution in [-0.4, -0.2) is 14.6 Å². The van der Waals surface area contributed by atoms with E-state index in [1.807, 2.05) is 54.8 Å². The average molecular weight is 325 g/mol. The van der Waals surface area contributed by atoms with Crippen molar-refractivity contribution in [2.75, 3.05) is 0 Å². The Labute approximate surface area is 134 Å². The second kappa shape index (κ2) is 5.15. The molecule has 0 spiro atoms. The van der Waals surface area contributed by atoms with Gasteiger partial charge in [-0.3, -0.25) is 4.79 Å². The average Bonchev–Trinajstić information content (AvgIpc) is 3.20. The van der Waals surface area contributed by atoms with Gasteiger partial charge in [0.15, 0.2) is 5.82 Å². The summed E-state index contributed by atoms with van der Waals surface area (Å²) in [5.74, 6) is 0.601. The summed E-state index contributed by atoms with van der Waals surface area (Å²) in [5.41, 5.74) is 1.95. The second-order valence-electron chi connectivity index (χ2n) is 4.88. The first-order valence-electron chi connectivity index (χ1n) is 6.73. The molecule has 0 aliphatic rings. The zero-order valence-electron chi connectivity index (χ0n) is 11.7. The van der Waals surface area contributed by atoms with Crippen molar-refractivity contribution in [2.45, 2.75) is 6.92 Å². The maximum atomic E-state index is 12.4. The van der Waals surface area contributed by atoms with Gasteiger partial charge in [-0.1, -0.05) is 41.7 Å². The van der Waals surface area contributed by atoms with Gasteiger partial charge >= 0.3 is 0 Å². The number of aryl methyl sites for hydroxylation is 1. The van der Waals surface area contributed by atoms with Crippen molar-refractivity contribution >= 4 is 33.7 Å². The van der Waals surface area contributed by atoms with Crippen LogP contribution < -0.4 is 10.1 Å². The number of thiophene rings is 1. The highest BCUT2D eigenvalue weighted by atomic mass is 32.1. The molecule has 4 nitrogen and oxygen atoms in total. The molecule has 0 saturated carbocycles. The zero-order valence-corrected chi connectivity index (χ0v) is 13.3. The van der Waals surface area contributed by atoms with Crippen molar-refractivity contribution in [3.63, 3.8) is 0 Å². The van der Waals surface area contributed by atoms with E-state index in [2.05, 4.69) is 10.1 Å². The van der Waals surface area contributed by atoms with Crippen molar-refractivity contribution < 1.29 is 0 Å². The van der Waals surface area contributed by atoms with Crippen LogP contribution in [0.2, 0.25) is 0 Å². The van der Waals surface area contributed by atoms with Gasteiger partial charge < -0.3 is 0 Å². The Morgan fingerprint density at radius 3 is 2.77 bits per heavy atom. The number of hydrogen-bond acceptors (Lipinski definition) is 5. The summed E-state index contributed by atoms with van der Waals surface area (Å²) in [6.45, 7) is 2.01. The molecule has 0 bridgehead atoms. The Morgan fingerprint density at radius 1 is 1.18 bits per heavy atom. The Kier molecular flexibility index (Phi) is 3.13. The first kappa shape index (κ1) is 13.4. The molecule has 0 aliphatic carbocycles. The number of aromatic nitrogens is 3. The molecule has 4 aromatic rings. The lowest BCUT2D eigenvalue weighted by Crippen LogP contribution is -2.23. The minimum absolute atomic E-state index is 0.110. The van der Waals surface area contributed by atoms with E-state index in [0.717, 1.165) is 16.0 Å². The van der Waals surface area contributed by atoms with Gasteiger partial charge in [0, 0.05) is 10.4 Å². The molecule has 0 aliphatic heterocycles. The first-order chi connectivity index (χ1) is 10.7. The molecule has 6 heteroatoms. The summed E-state index contributed by atoms with van der Waals surface area (Å²) in [7, 11) is 0. The highest BCUT2D eigenvalue weighted by Crippen LogP contribution is 2.20. The summed E-state index contributed by atoms with van der Waals surface area (Å²) < 4.78 is 2.06. The predicted molar refractivity (Wildman–Crippen MR) is 90.4 cm³/mol. The third kappa shape index (κ3) is 2.17. The normalized spacial score (nSPS) is 12.3. The van der Waals surface area contributed by atoms with Gasteiger partial charge in [0.25, 0.3) is 5.56 Å². The van der Waals surface area contributed by atoms with Crippen LogP contribution in [0.4, 0.5) is 0 Å². The number of fused-ring (bicyclic) bond motifs is 1. The molecule has 108 valence electrons. The Hall–Kier alpha value is -2.31. The molecule has 0 radical (unpaired) electrons. The largest absolute Gasteiger partial charge is 0.291 e. The fourth-order valence-corrected chi connectivity index (χ4v) is 3.90. The topological polar surface area (TPSA) is 47.3 Å². The van der Waals surface area contributed by atoms with E-state index in [9.17, 15) is 4.79 Å². The van der Waals surface area contributed by atoms with E-state index in [1.165, 1.54) is 15.9 Å². The van der Waals surface area contributed by atoms with Crippen LogP contribution in [0.3, 0.4) is 0 Å². The Balaban J connectivity index is 1.88. The number of benzene rings is 1. The van der Waals surface area contributed by atoms with Crippen molar-refractivity contribution in [2.24, 2.45) is 0 Å². The van der Waals surface area contributed by atoms with E-state index in [-0.39, 0.29) is 5.56 Å². The van der Waals surface area contributed by atoms with Crippen LogP contribution in [0.1, 0.15) is 10.4 Å². The maximum absolute atomic E-state index is 12.4. The van der Waals surface area contributed by atoms with Crippen LogP contribution in [0.5, 0.6) is 0 Å². The highest BCUT2D eigenvalue weighted by molar-refractivity contribution is 7.15. The Morgan fingerprint density at radius 2 is 2.05 bits per heavy atom. The van der Waals surface area contributed by atoms with E-state index < -0.39 is 0 Å². The summed E-state index contributed by atoms with van der Waals surface area (Å²) in [6.07, 6.45) is 1.89. The van der Waals surface area contributed by atoms with Crippen molar-refractivity contribution in [3.05, 3.63) is 67.1 Å². The standard InChI is InChI=1S/C16H11N3OS2/c1-10-5-2-3-7-12(10)14-17-16-19(18-14)15(20)13(22-16)9-11-6-4-8-21-11/h2-9H,1H3. The molecule has 0 amide bonds. The van der Waals surface area contributed by atoms with Crippen molar-refractivity contribution in [3.8, 4) is 11.4 Å². The quantitative estimate of drug-likeness (QED) is 0.569. The van der Waals surface area contributed by atoms with Crippen LogP contribution in [0.15, 0.2) is 46.6 Å². The van der Waals surface area contributed by atoms with Gasteiger partial charge in [0.2, 0.25) is 4.96 Å². The van der Waals surface area contributed by atoms with Crippen LogP contribution in [0.25, 0.3) is 22.4 Å². The molecule has 0 atom stereocenters. The fraction of sp³-hybridized carbons (Fsp3) is 0.0625. The molecule has 3 heterocycles. The molecule has 1 aromatic carbocycles. The molecule has 22 heavy (non-hydrogen) atoms. The van der Waals surface area contributed by atoms with E-state index >= 15 is 0 Å². The van der Waals surface area contributed by atoms with E-state index in [4.69, 9.17) is 0 Å². The summed E-state index contributed by atoms with van der Waals surface area (Å²) in [6, 6.07) is 11.9. The molecule has 3 aromatic heterocycles. The Bertz CT molecular complexity index is 1060. The van der Waals surface area contributed by atoms with Gasteiger partial charge in [0.05, 0.1) is 4.53 Å². The monoisotopic (exact) mass is 325 g/mol. The molecular formula is C16H11N3OS2. The lowest BCUT2D eigenvalue weighted by Gasteiger charge is -1.98. The molecule has 0 saturated heterocycles. The minimum Gasteiger partial charge on any atom is -0.266 e. The number of nitrogens with zero attached hydrogens (tertiary/aromatic N) is 3. The number of thiazole rings is 1. The van der Waals surface area contributed by atoms with Crippen LogP contribution >= 0.6 is 22.7 Å². The van der Waals surface area contributed by atoms with Crippen LogP contribution in [-0.2, 0) is 0 Å². The van der Waals surface area contributed by atoms with E-state index in [0.29, 0.717) is 15.3 Å². The second-order valence-corrected chi connectivity index (χ2v) is 6.86. The fourth-order valence-electron chi connectivity index (χ4n) is 2.27. The summed E-state index contributed by atoms with van der Waals surface area (Å²) >= 11 is 2.97. The van der Waals surface area contributed by atoms with Crippen LogP contribution in [0, 0.1) is 6.92 Å².